The summed E-state index contributed by atoms with van der Waals surface area (Å²) < 4.78 is 33.2. The van der Waals surface area contributed by atoms with Gasteiger partial charge in [-0.3, -0.25) is 9.80 Å². The van der Waals surface area contributed by atoms with E-state index >= 15 is 0 Å². The molecule has 5 rings (SSSR count). The maximum Gasteiger partial charge on any atom is 0.261 e. The third kappa shape index (κ3) is 7.61. The molecule has 0 saturated carbocycles. The van der Waals surface area contributed by atoms with E-state index in [0.717, 1.165) is 42.9 Å². The summed E-state index contributed by atoms with van der Waals surface area (Å²) >= 11 is 6.71. The molecule has 2 aliphatic heterocycles. The third-order valence-corrected chi connectivity index (χ3v) is 9.18. The Hall–Kier alpha value is -2.73. The lowest BCUT2D eigenvalue weighted by Crippen LogP contribution is -2.29. The monoisotopic (exact) mass is 592 g/mol. The molecule has 0 unspecified atom stereocenters. The van der Waals surface area contributed by atoms with Gasteiger partial charge in [-0.25, -0.2) is 8.78 Å². The van der Waals surface area contributed by atoms with Gasteiger partial charge in [0.05, 0.1) is 11.6 Å². The lowest BCUT2D eigenvalue weighted by Gasteiger charge is -2.27. The number of hydrogen-bond acceptors (Lipinski definition) is 3. The first-order valence-corrected chi connectivity index (χ1v) is 15.7. The van der Waals surface area contributed by atoms with E-state index in [9.17, 15) is 8.78 Å². The summed E-state index contributed by atoms with van der Waals surface area (Å²) in [6.45, 7) is 11.2. The fourth-order valence-corrected chi connectivity index (χ4v) is 6.45. The fraction of sp³-hybridized carbons (Fsp3) is 0.444. The van der Waals surface area contributed by atoms with Crippen LogP contribution < -0.4 is 4.74 Å². The van der Waals surface area contributed by atoms with Crippen molar-refractivity contribution in [3.8, 4) is 16.9 Å². The number of benzene rings is 3. The Bertz CT molecular complexity index is 1410. The van der Waals surface area contributed by atoms with Gasteiger partial charge >= 0.3 is 0 Å². The number of ether oxygens (including phenoxy) is 1. The maximum atomic E-state index is 13.5. The van der Waals surface area contributed by atoms with E-state index in [2.05, 4.69) is 86.4 Å². The van der Waals surface area contributed by atoms with Crippen LogP contribution in [0.2, 0.25) is 5.02 Å². The molecule has 2 heterocycles. The zero-order chi connectivity index (χ0) is 29.7. The SMILES string of the molecule is Cc1cc(OCc2cccc(-c3cccc(/C=C/CCN4CCC(F)(F)C4)c3C)c2C)c(Cl)cc1CN1CCCCC1. The van der Waals surface area contributed by atoms with E-state index in [0.29, 0.717) is 24.7 Å². The summed E-state index contributed by atoms with van der Waals surface area (Å²) in [4.78, 5) is 4.37. The molecule has 2 fully saturated rings. The van der Waals surface area contributed by atoms with Gasteiger partial charge in [0, 0.05) is 26.1 Å². The third-order valence-electron chi connectivity index (χ3n) is 8.89. The highest BCUT2D eigenvalue weighted by Crippen LogP contribution is 2.33. The molecule has 3 aromatic rings. The smallest absolute Gasteiger partial charge is 0.261 e. The highest BCUT2D eigenvalue weighted by atomic mass is 35.5. The van der Waals surface area contributed by atoms with Crippen molar-refractivity contribution in [1.82, 2.24) is 9.80 Å². The zero-order valence-corrected chi connectivity index (χ0v) is 26.0. The Morgan fingerprint density at radius 2 is 1.62 bits per heavy atom. The van der Waals surface area contributed by atoms with Crippen LogP contribution in [0, 0.1) is 20.8 Å². The van der Waals surface area contributed by atoms with Gasteiger partial charge in [0.1, 0.15) is 12.4 Å². The molecule has 0 aromatic heterocycles. The number of hydrogen-bond donors (Lipinski definition) is 0. The van der Waals surface area contributed by atoms with E-state index in [-0.39, 0.29) is 13.0 Å². The first-order valence-electron chi connectivity index (χ1n) is 15.3. The number of rotatable bonds is 10. The van der Waals surface area contributed by atoms with Crippen molar-refractivity contribution in [2.45, 2.75) is 71.9 Å². The Kier molecular flexibility index (Phi) is 10.0. The van der Waals surface area contributed by atoms with Crippen LogP contribution in [0.5, 0.6) is 5.75 Å². The van der Waals surface area contributed by atoms with Gasteiger partial charge < -0.3 is 4.74 Å². The molecule has 0 aliphatic carbocycles. The van der Waals surface area contributed by atoms with Crippen molar-refractivity contribution >= 4 is 17.7 Å². The van der Waals surface area contributed by atoms with Gasteiger partial charge in [-0.1, -0.05) is 66.6 Å². The van der Waals surface area contributed by atoms with Gasteiger partial charge in [0.2, 0.25) is 0 Å². The van der Waals surface area contributed by atoms with Crippen LogP contribution in [0.25, 0.3) is 17.2 Å². The minimum absolute atomic E-state index is 0.0286. The zero-order valence-electron chi connectivity index (χ0n) is 25.2. The predicted molar refractivity (Wildman–Crippen MR) is 171 cm³/mol. The normalized spacial score (nSPS) is 17.8. The van der Waals surface area contributed by atoms with Crippen molar-refractivity contribution in [2.75, 3.05) is 32.7 Å². The van der Waals surface area contributed by atoms with Gasteiger partial charge in [-0.05, 0) is 110 Å². The van der Waals surface area contributed by atoms with Crippen molar-refractivity contribution in [3.63, 3.8) is 0 Å². The Labute approximate surface area is 255 Å². The highest BCUT2D eigenvalue weighted by Gasteiger charge is 2.37. The lowest BCUT2D eigenvalue weighted by molar-refractivity contribution is 0.0124. The van der Waals surface area contributed by atoms with Crippen LogP contribution >= 0.6 is 11.6 Å². The highest BCUT2D eigenvalue weighted by molar-refractivity contribution is 6.32. The van der Waals surface area contributed by atoms with Crippen molar-refractivity contribution in [1.29, 1.82) is 0 Å². The summed E-state index contributed by atoms with van der Waals surface area (Å²) in [6, 6.07) is 16.9. The topological polar surface area (TPSA) is 15.7 Å². The average Bonchev–Trinajstić information content (AvgIpc) is 3.32. The minimum atomic E-state index is -2.53. The second-order valence-corrected chi connectivity index (χ2v) is 12.4. The second kappa shape index (κ2) is 13.7. The molecule has 0 atom stereocenters. The van der Waals surface area contributed by atoms with E-state index in [1.165, 1.54) is 52.6 Å². The van der Waals surface area contributed by atoms with Crippen molar-refractivity contribution < 1.29 is 13.5 Å². The largest absolute Gasteiger partial charge is 0.487 e. The molecule has 224 valence electrons. The molecule has 2 aliphatic rings. The maximum absolute atomic E-state index is 13.5. The molecule has 2 saturated heterocycles. The summed E-state index contributed by atoms with van der Waals surface area (Å²) in [5.41, 5.74) is 9.51. The van der Waals surface area contributed by atoms with Crippen LogP contribution in [0.1, 0.15) is 65.5 Å². The Balaban J connectivity index is 1.25. The van der Waals surface area contributed by atoms with Gasteiger partial charge in [0.25, 0.3) is 5.92 Å². The lowest BCUT2D eigenvalue weighted by atomic mass is 9.91. The fourth-order valence-electron chi connectivity index (χ4n) is 6.21. The predicted octanol–water partition coefficient (Wildman–Crippen LogP) is 9.24. The molecule has 0 spiro atoms. The Morgan fingerprint density at radius 3 is 2.36 bits per heavy atom. The van der Waals surface area contributed by atoms with Crippen LogP contribution in [-0.2, 0) is 13.2 Å². The van der Waals surface area contributed by atoms with E-state index in [1.54, 1.807) is 0 Å². The molecule has 0 radical (unpaired) electrons. The van der Waals surface area contributed by atoms with E-state index in [4.69, 9.17) is 16.3 Å². The van der Waals surface area contributed by atoms with Crippen LogP contribution in [-0.4, -0.2) is 48.4 Å². The molecular formula is C36H43ClF2N2O. The molecular weight excluding hydrogens is 550 g/mol. The Morgan fingerprint density at radius 1 is 0.881 bits per heavy atom. The molecule has 0 bridgehead atoms. The van der Waals surface area contributed by atoms with Gasteiger partial charge in [0.15, 0.2) is 0 Å². The van der Waals surface area contributed by atoms with Gasteiger partial charge in [-0.2, -0.15) is 0 Å². The van der Waals surface area contributed by atoms with Crippen molar-refractivity contribution in [2.24, 2.45) is 0 Å². The van der Waals surface area contributed by atoms with Crippen molar-refractivity contribution in [3.05, 3.63) is 93.0 Å². The summed E-state index contributed by atoms with van der Waals surface area (Å²) in [6.07, 6.45) is 8.83. The van der Waals surface area contributed by atoms with E-state index in [1.807, 2.05) is 4.90 Å². The summed E-state index contributed by atoms with van der Waals surface area (Å²) in [7, 11) is 0. The van der Waals surface area contributed by atoms with E-state index < -0.39 is 5.92 Å². The number of aryl methyl sites for hydroxylation is 1. The van der Waals surface area contributed by atoms with Crippen LogP contribution in [0.15, 0.2) is 54.6 Å². The number of nitrogens with zero attached hydrogens (tertiary/aromatic N) is 2. The standard InChI is InChI=1S/C36H43ClF2N2O/c1-26-21-35(34(37)22-31(26)23-40-17-6-4-7-18-40)42-24-30-13-10-15-33(28(30)3)32-14-9-12-29(27(32)2)11-5-8-19-41-20-16-36(38,39)25-41/h5,9-15,21-22H,4,6-8,16-20,23-25H2,1-3H3/b11-5+. The van der Waals surface area contributed by atoms with Crippen LogP contribution in [0.4, 0.5) is 8.78 Å². The molecule has 3 nitrogen and oxygen atoms in total. The molecule has 0 N–H and O–H groups in total. The minimum Gasteiger partial charge on any atom is -0.487 e. The number of piperidine rings is 1. The second-order valence-electron chi connectivity index (χ2n) is 12.0. The molecule has 3 aromatic carbocycles. The summed E-state index contributed by atoms with van der Waals surface area (Å²) in [5, 5.41) is 0.662. The molecule has 0 amide bonds. The number of likely N-dealkylation sites (tertiary alicyclic amines) is 2. The van der Waals surface area contributed by atoms with Gasteiger partial charge in [-0.15, -0.1) is 0 Å². The molecule has 6 heteroatoms. The first kappa shape index (κ1) is 30.7. The quantitative estimate of drug-likeness (QED) is 0.233. The number of halogens is 3. The molecule has 42 heavy (non-hydrogen) atoms. The summed E-state index contributed by atoms with van der Waals surface area (Å²) in [5.74, 6) is -1.81. The average molecular weight is 593 g/mol. The van der Waals surface area contributed by atoms with Crippen LogP contribution in [0.3, 0.4) is 0 Å². The number of alkyl halides is 2. The first-order chi connectivity index (χ1) is 20.2.